The SMILES string of the molecule is NCCNC(=O)C1CN2CCN1CC2. The summed E-state index contributed by atoms with van der Waals surface area (Å²) in [6.07, 6.45) is 0. The number of nitrogens with one attached hydrogen (secondary N) is 1. The van der Waals surface area contributed by atoms with Gasteiger partial charge in [-0.05, 0) is 0 Å². The third-order valence-electron chi connectivity index (χ3n) is 3.03. The smallest absolute Gasteiger partial charge is 0.238 e. The Morgan fingerprint density at radius 1 is 1.36 bits per heavy atom. The van der Waals surface area contributed by atoms with Crippen molar-refractivity contribution in [1.29, 1.82) is 0 Å². The Bertz CT molecular complexity index is 213. The highest BCUT2D eigenvalue weighted by atomic mass is 16.2. The molecule has 0 aliphatic carbocycles. The Morgan fingerprint density at radius 3 is 2.57 bits per heavy atom. The second-order valence-corrected chi connectivity index (χ2v) is 3.93. The summed E-state index contributed by atoms with van der Waals surface area (Å²) in [7, 11) is 0. The Labute approximate surface area is 84.2 Å². The lowest BCUT2D eigenvalue weighted by Crippen LogP contribution is -2.65. The number of hydrogen-bond acceptors (Lipinski definition) is 4. The first-order valence-electron chi connectivity index (χ1n) is 5.25. The topological polar surface area (TPSA) is 61.6 Å². The van der Waals surface area contributed by atoms with E-state index < -0.39 is 0 Å². The first kappa shape index (κ1) is 9.89. The molecule has 14 heavy (non-hydrogen) atoms. The van der Waals surface area contributed by atoms with Crippen LogP contribution in [0.25, 0.3) is 0 Å². The molecule has 3 rings (SSSR count). The van der Waals surface area contributed by atoms with E-state index >= 15 is 0 Å². The van der Waals surface area contributed by atoms with Gasteiger partial charge in [-0.3, -0.25) is 14.6 Å². The van der Waals surface area contributed by atoms with Crippen LogP contribution in [0.4, 0.5) is 0 Å². The Hall–Kier alpha value is -0.650. The van der Waals surface area contributed by atoms with Crippen LogP contribution in [0.2, 0.25) is 0 Å². The lowest BCUT2D eigenvalue weighted by molar-refractivity contribution is -0.131. The number of hydrogen-bond donors (Lipinski definition) is 2. The molecule has 5 nitrogen and oxygen atoms in total. The number of fused-ring (bicyclic) bond motifs is 3. The molecule has 0 aromatic carbocycles. The quantitative estimate of drug-likeness (QED) is 0.554. The first-order valence-corrected chi connectivity index (χ1v) is 5.25. The van der Waals surface area contributed by atoms with Gasteiger partial charge in [-0.15, -0.1) is 0 Å². The Balaban J connectivity index is 1.88. The summed E-state index contributed by atoms with van der Waals surface area (Å²) in [6.45, 7) is 6.27. The van der Waals surface area contributed by atoms with Gasteiger partial charge in [-0.25, -0.2) is 0 Å². The molecule has 80 valence electrons. The van der Waals surface area contributed by atoms with Gasteiger partial charge in [0.25, 0.3) is 0 Å². The average Bonchev–Trinajstić information content (AvgIpc) is 2.27. The van der Waals surface area contributed by atoms with Crippen molar-refractivity contribution in [2.45, 2.75) is 6.04 Å². The molecule has 1 unspecified atom stereocenters. The van der Waals surface area contributed by atoms with E-state index in [2.05, 4.69) is 15.1 Å². The maximum Gasteiger partial charge on any atom is 0.238 e. The molecule has 0 spiro atoms. The fourth-order valence-corrected chi connectivity index (χ4v) is 2.18. The van der Waals surface area contributed by atoms with Crippen LogP contribution in [-0.2, 0) is 4.79 Å². The summed E-state index contributed by atoms with van der Waals surface area (Å²) in [5.74, 6) is 0.139. The van der Waals surface area contributed by atoms with Crippen LogP contribution in [0.3, 0.4) is 0 Å². The minimum atomic E-state index is 0.0593. The van der Waals surface area contributed by atoms with Crippen molar-refractivity contribution in [1.82, 2.24) is 15.1 Å². The van der Waals surface area contributed by atoms with Gasteiger partial charge in [0.15, 0.2) is 0 Å². The second kappa shape index (κ2) is 4.25. The lowest BCUT2D eigenvalue weighted by Gasteiger charge is -2.46. The van der Waals surface area contributed by atoms with Crippen LogP contribution in [0.15, 0.2) is 0 Å². The van der Waals surface area contributed by atoms with Gasteiger partial charge in [0.05, 0.1) is 0 Å². The number of rotatable bonds is 3. The molecule has 3 aliphatic heterocycles. The largest absolute Gasteiger partial charge is 0.353 e. The van der Waals surface area contributed by atoms with Crippen molar-refractivity contribution in [3.63, 3.8) is 0 Å². The van der Waals surface area contributed by atoms with Gasteiger partial charge < -0.3 is 11.1 Å². The molecule has 3 N–H and O–H groups in total. The van der Waals surface area contributed by atoms with Crippen LogP contribution in [0, 0.1) is 0 Å². The van der Waals surface area contributed by atoms with E-state index in [1.165, 1.54) is 0 Å². The third-order valence-corrected chi connectivity index (χ3v) is 3.03. The van der Waals surface area contributed by atoms with Gasteiger partial charge in [-0.1, -0.05) is 0 Å². The zero-order chi connectivity index (χ0) is 9.97. The van der Waals surface area contributed by atoms with E-state index in [4.69, 9.17) is 5.73 Å². The van der Waals surface area contributed by atoms with Crippen LogP contribution >= 0.6 is 0 Å². The molecule has 0 aromatic rings. The van der Waals surface area contributed by atoms with Gasteiger partial charge in [-0.2, -0.15) is 0 Å². The molecule has 2 bridgehead atoms. The summed E-state index contributed by atoms with van der Waals surface area (Å²) in [5, 5.41) is 2.85. The van der Waals surface area contributed by atoms with Crippen molar-refractivity contribution < 1.29 is 4.79 Å². The number of nitrogens with two attached hydrogens (primary N) is 1. The molecule has 3 fully saturated rings. The fourth-order valence-electron chi connectivity index (χ4n) is 2.18. The zero-order valence-electron chi connectivity index (χ0n) is 8.41. The molecule has 1 atom stereocenters. The maximum atomic E-state index is 11.7. The monoisotopic (exact) mass is 198 g/mol. The van der Waals surface area contributed by atoms with E-state index in [0.29, 0.717) is 13.1 Å². The van der Waals surface area contributed by atoms with Crippen LogP contribution in [0.5, 0.6) is 0 Å². The predicted molar refractivity (Wildman–Crippen MR) is 53.9 cm³/mol. The summed E-state index contributed by atoms with van der Waals surface area (Å²) in [5.41, 5.74) is 5.34. The zero-order valence-corrected chi connectivity index (χ0v) is 8.41. The van der Waals surface area contributed by atoms with Gasteiger partial charge in [0.2, 0.25) is 5.91 Å². The van der Waals surface area contributed by atoms with Crippen molar-refractivity contribution in [3.05, 3.63) is 0 Å². The number of carbonyl (C=O) groups excluding carboxylic acids is 1. The molecule has 0 radical (unpaired) electrons. The van der Waals surface area contributed by atoms with Crippen LogP contribution < -0.4 is 11.1 Å². The molecule has 0 aromatic heterocycles. The highest BCUT2D eigenvalue weighted by Crippen LogP contribution is 2.15. The second-order valence-electron chi connectivity index (χ2n) is 3.93. The molecular formula is C9H18N4O. The van der Waals surface area contributed by atoms with Crippen molar-refractivity contribution in [2.24, 2.45) is 5.73 Å². The summed E-state index contributed by atoms with van der Waals surface area (Å²) in [4.78, 5) is 16.3. The van der Waals surface area contributed by atoms with Crippen LogP contribution in [0.1, 0.15) is 0 Å². The third kappa shape index (κ3) is 1.89. The summed E-state index contributed by atoms with van der Waals surface area (Å²) >= 11 is 0. The minimum absolute atomic E-state index is 0.0593. The van der Waals surface area contributed by atoms with E-state index in [-0.39, 0.29) is 11.9 Å². The highest BCUT2D eigenvalue weighted by Gasteiger charge is 2.35. The molecular weight excluding hydrogens is 180 g/mol. The molecule has 3 heterocycles. The highest BCUT2D eigenvalue weighted by molar-refractivity contribution is 5.82. The van der Waals surface area contributed by atoms with Crippen molar-refractivity contribution in [2.75, 3.05) is 45.8 Å². The predicted octanol–water partition coefficient (Wildman–Crippen LogP) is -1.94. The van der Waals surface area contributed by atoms with Crippen molar-refractivity contribution in [3.8, 4) is 0 Å². The molecule has 1 amide bonds. The molecule has 0 saturated carbocycles. The van der Waals surface area contributed by atoms with E-state index in [1.807, 2.05) is 0 Å². The summed E-state index contributed by atoms with van der Waals surface area (Å²) in [6, 6.07) is 0.0593. The normalized spacial score (nSPS) is 35.6. The van der Waals surface area contributed by atoms with E-state index in [9.17, 15) is 4.79 Å². The minimum Gasteiger partial charge on any atom is -0.353 e. The standard InChI is InChI=1S/C9H18N4O/c10-1-2-11-9(14)8-7-12-3-5-13(8)6-4-12/h8H,1-7,10H2,(H,11,14). The number of nitrogens with zero attached hydrogens (tertiary/aromatic N) is 2. The number of amides is 1. The average molecular weight is 198 g/mol. The Morgan fingerprint density at radius 2 is 2.07 bits per heavy atom. The van der Waals surface area contributed by atoms with Gasteiger partial charge in [0.1, 0.15) is 6.04 Å². The Kier molecular flexibility index (Phi) is 3.00. The lowest BCUT2D eigenvalue weighted by atomic mass is 10.1. The number of carbonyl (C=O) groups is 1. The van der Waals surface area contributed by atoms with E-state index in [1.54, 1.807) is 0 Å². The summed E-state index contributed by atoms with van der Waals surface area (Å²) < 4.78 is 0. The fraction of sp³-hybridized carbons (Fsp3) is 0.889. The number of piperazine rings is 3. The van der Waals surface area contributed by atoms with E-state index in [0.717, 1.165) is 32.7 Å². The molecule has 3 saturated heterocycles. The first-order chi connectivity index (χ1) is 6.81. The molecule has 5 heteroatoms. The van der Waals surface area contributed by atoms with Gasteiger partial charge in [0, 0.05) is 45.8 Å². The van der Waals surface area contributed by atoms with Gasteiger partial charge >= 0.3 is 0 Å². The maximum absolute atomic E-state index is 11.7. The van der Waals surface area contributed by atoms with Crippen LogP contribution in [-0.4, -0.2) is 67.6 Å². The van der Waals surface area contributed by atoms with Crippen molar-refractivity contribution >= 4 is 5.91 Å². The molecule has 3 aliphatic rings.